The molecular weight excluding hydrogens is 367 g/mol. The lowest BCUT2D eigenvalue weighted by atomic mass is 10.2. The van der Waals surface area contributed by atoms with E-state index in [0.717, 1.165) is 5.69 Å². The highest BCUT2D eigenvalue weighted by Crippen LogP contribution is 2.30. The zero-order valence-electron chi connectivity index (χ0n) is 13.7. The largest absolute Gasteiger partial charge is 0.495 e. The fourth-order valence-corrected chi connectivity index (χ4v) is 4.69. The number of benzene rings is 2. The van der Waals surface area contributed by atoms with Crippen LogP contribution < -0.4 is 9.64 Å². The molecule has 8 heteroatoms. The van der Waals surface area contributed by atoms with E-state index in [0.29, 0.717) is 31.2 Å². The van der Waals surface area contributed by atoms with Gasteiger partial charge in [0, 0.05) is 36.9 Å². The van der Waals surface area contributed by atoms with Gasteiger partial charge in [-0.15, -0.1) is 0 Å². The molecule has 1 fully saturated rings. The molecule has 0 spiro atoms. The summed E-state index contributed by atoms with van der Waals surface area (Å²) >= 11 is 5.95. The second-order valence-corrected chi connectivity index (χ2v) is 8.01. The number of piperazine rings is 1. The minimum atomic E-state index is -3.72. The number of nitrogens with zero attached hydrogens (tertiary/aromatic N) is 2. The third kappa shape index (κ3) is 3.73. The fraction of sp³-hybridized carbons (Fsp3) is 0.294. The van der Waals surface area contributed by atoms with E-state index in [2.05, 4.69) is 0 Å². The molecule has 0 bridgehead atoms. The van der Waals surface area contributed by atoms with Crippen molar-refractivity contribution in [2.24, 2.45) is 0 Å². The summed E-state index contributed by atoms with van der Waals surface area (Å²) in [5.41, 5.74) is 0.748. The van der Waals surface area contributed by atoms with E-state index >= 15 is 0 Å². The molecule has 0 aromatic heterocycles. The van der Waals surface area contributed by atoms with Crippen LogP contribution in [0.5, 0.6) is 5.75 Å². The Bertz CT molecular complexity index is 868. The molecule has 3 rings (SSSR count). The maximum absolute atomic E-state index is 13.4. The third-order valence-corrected chi connectivity index (χ3v) is 6.31. The van der Waals surface area contributed by atoms with Gasteiger partial charge in [0.15, 0.2) is 0 Å². The lowest BCUT2D eigenvalue weighted by Crippen LogP contribution is -2.48. The minimum Gasteiger partial charge on any atom is -0.495 e. The zero-order chi connectivity index (χ0) is 18.0. The van der Waals surface area contributed by atoms with Gasteiger partial charge in [0.05, 0.1) is 7.11 Å². The van der Waals surface area contributed by atoms with E-state index in [9.17, 15) is 12.8 Å². The van der Waals surface area contributed by atoms with E-state index < -0.39 is 10.0 Å². The first kappa shape index (κ1) is 18.0. The summed E-state index contributed by atoms with van der Waals surface area (Å²) in [7, 11) is -2.30. The van der Waals surface area contributed by atoms with Gasteiger partial charge in [-0.3, -0.25) is 0 Å². The van der Waals surface area contributed by atoms with E-state index in [1.165, 1.54) is 35.7 Å². The Hall–Kier alpha value is -1.83. The predicted octanol–water partition coefficient (Wildman–Crippen LogP) is 3.00. The molecule has 1 saturated heterocycles. The van der Waals surface area contributed by atoms with Gasteiger partial charge in [-0.1, -0.05) is 17.7 Å². The SMILES string of the molecule is COc1ccc(Cl)cc1S(=O)(=O)N1CCN(c2cccc(F)c2)CC1. The summed E-state index contributed by atoms with van der Waals surface area (Å²) in [4.78, 5) is 2.02. The molecule has 0 unspecified atom stereocenters. The van der Waals surface area contributed by atoms with Crippen molar-refractivity contribution in [2.75, 3.05) is 38.2 Å². The van der Waals surface area contributed by atoms with Crippen LogP contribution in [0.4, 0.5) is 10.1 Å². The number of hydrogen-bond donors (Lipinski definition) is 0. The second kappa shape index (κ2) is 7.19. The Morgan fingerprint density at radius 1 is 1.08 bits per heavy atom. The van der Waals surface area contributed by atoms with Gasteiger partial charge in [0.2, 0.25) is 10.0 Å². The van der Waals surface area contributed by atoms with Crippen LogP contribution in [0, 0.1) is 5.82 Å². The number of halogens is 2. The van der Waals surface area contributed by atoms with Crippen molar-refractivity contribution in [3.8, 4) is 5.75 Å². The maximum atomic E-state index is 13.4. The fourth-order valence-electron chi connectivity index (χ4n) is 2.85. The van der Waals surface area contributed by atoms with Crippen molar-refractivity contribution < 1.29 is 17.5 Å². The number of methoxy groups -OCH3 is 1. The van der Waals surface area contributed by atoms with Gasteiger partial charge >= 0.3 is 0 Å². The van der Waals surface area contributed by atoms with Crippen molar-refractivity contribution >= 4 is 27.3 Å². The Labute approximate surface area is 151 Å². The molecule has 1 aliphatic heterocycles. The van der Waals surface area contributed by atoms with E-state index in [4.69, 9.17) is 16.3 Å². The van der Waals surface area contributed by atoms with Crippen LogP contribution in [0.3, 0.4) is 0 Å². The first-order chi connectivity index (χ1) is 11.9. The molecular formula is C17H18ClFN2O3S. The van der Waals surface area contributed by atoms with Crippen LogP contribution >= 0.6 is 11.6 Å². The Kier molecular flexibility index (Phi) is 5.17. The second-order valence-electron chi connectivity index (χ2n) is 5.67. The van der Waals surface area contributed by atoms with Crippen molar-refractivity contribution in [1.82, 2.24) is 4.31 Å². The number of rotatable bonds is 4. The number of hydrogen-bond acceptors (Lipinski definition) is 4. The quantitative estimate of drug-likeness (QED) is 0.813. The van der Waals surface area contributed by atoms with Crippen LogP contribution in [0.15, 0.2) is 47.4 Å². The minimum absolute atomic E-state index is 0.0571. The van der Waals surface area contributed by atoms with E-state index in [1.54, 1.807) is 12.1 Å². The molecule has 1 aliphatic rings. The van der Waals surface area contributed by atoms with Gasteiger partial charge in [-0.05, 0) is 36.4 Å². The summed E-state index contributed by atoms with van der Waals surface area (Å²) in [5, 5.41) is 0.331. The topological polar surface area (TPSA) is 49.9 Å². The highest BCUT2D eigenvalue weighted by Gasteiger charge is 2.31. The van der Waals surface area contributed by atoms with Crippen LogP contribution in [0.2, 0.25) is 5.02 Å². The van der Waals surface area contributed by atoms with Crippen LogP contribution in [-0.2, 0) is 10.0 Å². The number of sulfonamides is 1. The zero-order valence-corrected chi connectivity index (χ0v) is 15.2. The number of ether oxygens (including phenoxy) is 1. The lowest BCUT2D eigenvalue weighted by molar-refractivity contribution is 0.374. The van der Waals surface area contributed by atoms with Crippen molar-refractivity contribution in [3.63, 3.8) is 0 Å². The maximum Gasteiger partial charge on any atom is 0.246 e. The smallest absolute Gasteiger partial charge is 0.246 e. The summed E-state index contributed by atoms with van der Waals surface area (Å²) in [5.74, 6) is -0.0480. The summed E-state index contributed by atoms with van der Waals surface area (Å²) in [6.07, 6.45) is 0. The lowest BCUT2D eigenvalue weighted by Gasteiger charge is -2.35. The Balaban J connectivity index is 1.79. The van der Waals surface area contributed by atoms with Crippen molar-refractivity contribution in [1.29, 1.82) is 0 Å². The van der Waals surface area contributed by atoms with E-state index in [-0.39, 0.29) is 16.5 Å². The highest BCUT2D eigenvalue weighted by atomic mass is 35.5. The Morgan fingerprint density at radius 2 is 1.80 bits per heavy atom. The first-order valence-corrected chi connectivity index (χ1v) is 9.58. The average Bonchev–Trinajstić information content (AvgIpc) is 2.62. The summed E-state index contributed by atoms with van der Waals surface area (Å²) < 4.78 is 45.8. The molecule has 134 valence electrons. The molecule has 2 aromatic carbocycles. The molecule has 0 saturated carbocycles. The molecule has 0 amide bonds. The van der Waals surface area contributed by atoms with Crippen molar-refractivity contribution in [2.45, 2.75) is 4.90 Å². The normalized spacial score (nSPS) is 16.0. The molecule has 0 N–H and O–H groups in total. The van der Waals surface area contributed by atoms with Gasteiger partial charge in [-0.25, -0.2) is 12.8 Å². The number of anilines is 1. The monoisotopic (exact) mass is 384 g/mol. The molecule has 25 heavy (non-hydrogen) atoms. The summed E-state index contributed by atoms with van der Waals surface area (Å²) in [6.45, 7) is 1.56. The molecule has 5 nitrogen and oxygen atoms in total. The molecule has 2 aromatic rings. The molecule has 1 heterocycles. The van der Waals surface area contributed by atoms with Crippen LogP contribution in [-0.4, -0.2) is 46.0 Å². The average molecular weight is 385 g/mol. The summed E-state index contributed by atoms with van der Waals surface area (Å²) in [6, 6.07) is 10.8. The van der Waals surface area contributed by atoms with Gasteiger partial charge in [0.1, 0.15) is 16.5 Å². The van der Waals surface area contributed by atoms with E-state index in [1.807, 2.05) is 11.0 Å². The van der Waals surface area contributed by atoms with Gasteiger partial charge < -0.3 is 9.64 Å². The van der Waals surface area contributed by atoms with Crippen molar-refractivity contribution in [3.05, 3.63) is 53.3 Å². The van der Waals surface area contributed by atoms with Gasteiger partial charge in [0.25, 0.3) is 0 Å². The predicted molar refractivity (Wildman–Crippen MR) is 95.4 cm³/mol. The standard InChI is InChI=1S/C17H18ClFN2O3S/c1-24-16-6-5-13(18)11-17(16)25(22,23)21-9-7-20(8-10-21)15-4-2-3-14(19)12-15/h2-6,11-12H,7-10H2,1H3. The molecule has 0 radical (unpaired) electrons. The molecule has 0 aliphatic carbocycles. The Morgan fingerprint density at radius 3 is 2.44 bits per heavy atom. The van der Waals surface area contributed by atoms with Crippen LogP contribution in [0.1, 0.15) is 0 Å². The highest BCUT2D eigenvalue weighted by molar-refractivity contribution is 7.89. The van der Waals surface area contributed by atoms with Gasteiger partial charge in [-0.2, -0.15) is 4.31 Å². The van der Waals surface area contributed by atoms with Crippen LogP contribution in [0.25, 0.3) is 0 Å². The molecule has 0 atom stereocenters. The first-order valence-electron chi connectivity index (χ1n) is 7.76. The third-order valence-electron chi connectivity index (χ3n) is 4.16.